The van der Waals surface area contributed by atoms with Gasteiger partial charge in [0, 0.05) is 38.3 Å². The minimum absolute atomic E-state index is 0.294. The van der Waals surface area contributed by atoms with E-state index in [1.165, 1.54) is 6.92 Å². The lowest BCUT2D eigenvalue weighted by Gasteiger charge is -2.54. The fraction of sp³-hybridized carbons (Fsp3) is 0.737. The number of esters is 1. The van der Waals surface area contributed by atoms with Crippen LogP contribution in [0.15, 0.2) is 5.16 Å². The Balaban J connectivity index is 1.61. The predicted octanol–water partition coefficient (Wildman–Crippen LogP) is 2.33. The number of carbonyl (C=O) groups is 1. The Morgan fingerprint density at radius 2 is 1.97 bits per heavy atom. The van der Waals surface area contributed by atoms with Crippen molar-refractivity contribution in [1.29, 1.82) is 0 Å². The zero-order valence-electron chi connectivity index (χ0n) is 16.5. The third-order valence-corrected chi connectivity index (χ3v) is 7.19. The molecule has 2 unspecified atom stereocenters. The van der Waals surface area contributed by atoms with Crippen LogP contribution in [-0.2, 0) is 31.7 Å². The summed E-state index contributed by atoms with van der Waals surface area (Å²) in [6.45, 7) is 3.05. The van der Waals surface area contributed by atoms with Gasteiger partial charge in [0.1, 0.15) is 11.5 Å². The summed E-state index contributed by atoms with van der Waals surface area (Å²) in [5.74, 6) is -1.93. The molecule has 5 rings (SSSR count). The first-order valence-electron chi connectivity index (χ1n) is 9.94. The summed E-state index contributed by atoms with van der Waals surface area (Å²) < 4.78 is 58.2. The van der Waals surface area contributed by atoms with E-state index in [1.54, 1.807) is 0 Å². The largest absolute Gasteiger partial charge is 0.466 e. The Labute approximate surface area is 168 Å². The van der Waals surface area contributed by atoms with Crippen LogP contribution in [-0.4, -0.2) is 50.3 Å². The van der Waals surface area contributed by atoms with Crippen molar-refractivity contribution < 1.29 is 26.7 Å². The second-order valence-corrected chi connectivity index (χ2v) is 10.4. The summed E-state index contributed by atoms with van der Waals surface area (Å²) >= 11 is 0. The molecule has 2 aliphatic carbocycles. The molecule has 2 aliphatic heterocycles. The van der Waals surface area contributed by atoms with Crippen molar-refractivity contribution in [2.45, 2.75) is 50.1 Å². The van der Waals surface area contributed by atoms with Crippen molar-refractivity contribution in [3.05, 3.63) is 11.3 Å². The van der Waals surface area contributed by atoms with E-state index < -0.39 is 26.6 Å². The van der Waals surface area contributed by atoms with Crippen LogP contribution in [0.1, 0.15) is 43.9 Å². The van der Waals surface area contributed by atoms with Gasteiger partial charge >= 0.3 is 5.97 Å². The van der Waals surface area contributed by atoms with Crippen LogP contribution >= 0.6 is 0 Å². The molecule has 2 atom stereocenters. The third kappa shape index (κ3) is 3.83. The quantitative estimate of drug-likeness (QED) is 0.524. The molecule has 2 saturated heterocycles. The van der Waals surface area contributed by atoms with Crippen molar-refractivity contribution in [2.24, 2.45) is 17.8 Å². The van der Waals surface area contributed by atoms with E-state index in [9.17, 15) is 22.0 Å². The molecule has 1 saturated carbocycles. The number of aromatic nitrogens is 2. The Morgan fingerprint density at radius 3 is 2.59 bits per heavy atom. The lowest BCUT2D eigenvalue weighted by molar-refractivity contribution is -0.142. The van der Waals surface area contributed by atoms with E-state index in [2.05, 4.69) is 9.97 Å². The van der Waals surface area contributed by atoms with Crippen LogP contribution in [0.3, 0.4) is 0 Å². The van der Waals surface area contributed by atoms with E-state index in [-0.39, 0.29) is 12.4 Å². The second-order valence-electron chi connectivity index (χ2n) is 8.44. The van der Waals surface area contributed by atoms with Gasteiger partial charge in [-0.1, -0.05) is 0 Å². The molecule has 0 radical (unpaired) electrons. The van der Waals surface area contributed by atoms with Gasteiger partial charge in [0.05, 0.1) is 6.61 Å². The first kappa shape index (κ1) is 20.4. The highest BCUT2D eigenvalue weighted by atomic mass is 32.2. The summed E-state index contributed by atoms with van der Waals surface area (Å²) in [6.07, 6.45) is 3.19. The standard InChI is InChI=1S/C19H25F2N3O4S/c1-11(25)28-7-5-14-12-8-13(14)10-24(9-12)17-15-4-3-6-19(20,21)16(15)22-18(23-17)29(2,26)27/h12-14H,3-10H2,1-2H3. The summed E-state index contributed by atoms with van der Waals surface area (Å²) in [5, 5.41) is -0.529. The Morgan fingerprint density at radius 1 is 1.28 bits per heavy atom. The van der Waals surface area contributed by atoms with Gasteiger partial charge in [0.15, 0.2) is 0 Å². The molecule has 7 nitrogen and oxygen atoms in total. The fourth-order valence-corrected chi connectivity index (χ4v) is 5.50. The second kappa shape index (κ2) is 7.14. The number of nitrogens with zero attached hydrogens (tertiary/aromatic N) is 3. The van der Waals surface area contributed by atoms with Gasteiger partial charge in [0.25, 0.3) is 5.92 Å². The smallest absolute Gasteiger partial charge is 0.302 e. The maximum absolute atomic E-state index is 14.5. The monoisotopic (exact) mass is 429 g/mol. The number of fused-ring (bicyclic) bond motifs is 3. The molecule has 3 fully saturated rings. The van der Waals surface area contributed by atoms with Crippen LogP contribution in [0.4, 0.5) is 14.6 Å². The van der Waals surface area contributed by atoms with Gasteiger partial charge in [-0.05, 0) is 43.4 Å². The molecule has 2 bridgehead atoms. The minimum Gasteiger partial charge on any atom is -0.466 e. The summed E-state index contributed by atoms with van der Waals surface area (Å²) in [6, 6.07) is 0. The Bertz CT molecular complexity index is 926. The van der Waals surface area contributed by atoms with Crippen LogP contribution in [0.2, 0.25) is 0 Å². The summed E-state index contributed by atoms with van der Waals surface area (Å²) in [7, 11) is -3.81. The highest BCUT2D eigenvalue weighted by Gasteiger charge is 2.48. The minimum atomic E-state index is -3.81. The average Bonchev–Trinajstić information content (AvgIpc) is 2.63. The maximum atomic E-state index is 14.5. The molecular formula is C19H25F2N3O4S. The lowest BCUT2D eigenvalue weighted by Crippen LogP contribution is -2.56. The molecule has 3 heterocycles. The van der Waals surface area contributed by atoms with Gasteiger partial charge in [-0.15, -0.1) is 0 Å². The molecule has 0 N–H and O–H groups in total. The van der Waals surface area contributed by atoms with Crippen LogP contribution in [0, 0.1) is 17.8 Å². The van der Waals surface area contributed by atoms with Gasteiger partial charge in [0.2, 0.25) is 15.0 Å². The first-order chi connectivity index (χ1) is 13.6. The van der Waals surface area contributed by atoms with E-state index in [4.69, 9.17) is 4.74 Å². The number of alkyl halides is 2. The number of hydrogen-bond donors (Lipinski definition) is 0. The maximum Gasteiger partial charge on any atom is 0.302 e. The van der Waals surface area contributed by atoms with Crippen LogP contribution < -0.4 is 4.90 Å². The molecule has 29 heavy (non-hydrogen) atoms. The van der Waals surface area contributed by atoms with Gasteiger partial charge < -0.3 is 9.64 Å². The number of anilines is 1. The number of rotatable bonds is 5. The lowest BCUT2D eigenvalue weighted by atomic mass is 9.60. The molecule has 0 spiro atoms. The fourth-order valence-electron chi connectivity index (χ4n) is 4.99. The van der Waals surface area contributed by atoms with Gasteiger partial charge in [-0.2, -0.15) is 8.78 Å². The Hall–Kier alpha value is -1.84. The molecule has 1 aromatic heterocycles. The zero-order valence-corrected chi connectivity index (χ0v) is 17.3. The molecule has 4 aliphatic rings. The van der Waals surface area contributed by atoms with Gasteiger partial charge in [-0.25, -0.2) is 18.4 Å². The SMILES string of the molecule is CC(=O)OCCC1C2CC1CN(c1nc(S(C)(=O)=O)nc3c1CCCC3(F)F)C2. The predicted molar refractivity (Wildman–Crippen MR) is 101 cm³/mol. The highest BCUT2D eigenvalue weighted by Crippen LogP contribution is 2.49. The van der Waals surface area contributed by atoms with Crippen molar-refractivity contribution in [3.8, 4) is 0 Å². The number of halogens is 2. The topological polar surface area (TPSA) is 89.5 Å². The van der Waals surface area contributed by atoms with Gasteiger partial charge in [-0.3, -0.25) is 4.79 Å². The van der Waals surface area contributed by atoms with Crippen molar-refractivity contribution in [1.82, 2.24) is 9.97 Å². The molecule has 160 valence electrons. The molecule has 0 amide bonds. The van der Waals surface area contributed by atoms with Crippen molar-refractivity contribution >= 4 is 21.6 Å². The van der Waals surface area contributed by atoms with E-state index in [0.717, 1.165) is 19.1 Å². The van der Waals surface area contributed by atoms with Crippen LogP contribution in [0.25, 0.3) is 0 Å². The van der Waals surface area contributed by atoms with E-state index in [1.807, 2.05) is 4.90 Å². The van der Waals surface area contributed by atoms with Crippen LogP contribution in [0.5, 0.6) is 0 Å². The normalized spacial score (nSPS) is 27.7. The average molecular weight is 429 g/mol. The third-order valence-electron chi connectivity index (χ3n) is 6.34. The van der Waals surface area contributed by atoms with E-state index in [0.29, 0.717) is 61.7 Å². The number of sulfone groups is 1. The number of ether oxygens (including phenoxy) is 1. The molecule has 0 aromatic carbocycles. The van der Waals surface area contributed by atoms with Crippen molar-refractivity contribution in [3.63, 3.8) is 0 Å². The van der Waals surface area contributed by atoms with E-state index >= 15 is 0 Å². The van der Waals surface area contributed by atoms with Crippen molar-refractivity contribution in [2.75, 3.05) is 30.9 Å². The zero-order chi connectivity index (χ0) is 21.0. The molecule has 10 heteroatoms. The number of piperidine rings is 2. The first-order valence-corrected chi connectivity index (χ1v) is 11.8. The highest BCUT2D eigenvalue weighted by molar-refractivity contribution is 7.90. The molecular weight excluding hydrogens is 404 g/mol. The Kier molecular flexibility index (Phi) is 5.03. The molecule has 1 aromatic rings. The number of hydrogen-bond acceptors (Lipinski definition) is 7. The summed E-state index contributed by atoms with van der Waals surface area (Å²) in [4.78, 5) is 20.9. The summed E-state index contributed by atoms with van der Waals surface area (Å²) in [5.41, 5.74) is -0.0498. The number of carbonyl (C=O) groups excluding carboxylic acids is 1.